The van der Waals surface area contributed by atoms with E-state index in [1.165, 1.54) is 0 Å². The Morgan fingerprint density at radius 3 is 2.43 bits per heavy atom. The number of nitrogens with zero attached hydrogens (tertiary/aromatic N) is 1. The predicted molar refractivity (Wildman–Crippen MR) is 138 cm³/mol. The first-order valence-corrected chi connectivity index (χ1v) is 13.1. The van der Waals surface area contributed by atoms with Gasteiger partial charge in [0.25, 0.3) is 0 Å². The van der Waals surface area contributed by atoms with Crippen molar-refractivity contribution in [2.75, 3.05) is 47.9 Å². The summed E-state index contributed by atoms with van der Waals surface area (Å²) in [7, 11) is 7.84. The quantitative estimate of drug-likeness (QED) is 0.172. The molecule has 0 radical (unpaired) electrons. The van der Waals surface area contributed by atoms with Gasteiger partial charge in [-0.25, -0.2) is 0 Å². The molecular formula is C26H53N3O6. The van der Waals surface area contributed by atoms with Crippen LogP contribution < -0.4 is 10.6 Å². The molecule has 1 heterocycles. The van der Waals surface area contributed by atoms with Crippen LogP contribution >= 0.6 is 0 Å². The highest BCUT2D eigenvalue weighted by atomic mass is 16.7. The maximum absolute atomic E-state index is 11.7. The minimum absolute atomic E-state index is 0.0625. The molecule has 0 aromatic carbocycles. The first-order valence-electron chi connectivity index (χ1n) is 13.1. The molecular weight excluding hydrogens is 450 g/mol. The van der Waals surface area contributed by atoms with Crippen LogP contribution in [0, 0.1) is 17.8 Å². The Bertz CT molecular complexity index is 593. The number of aliphatic hydroxyl groups is 2. The molecule has 1 fully saturated rings. The van der Waals surface area contributed by atoms with Gasteiger partial charge in [0.2, 0.25) is 0 Å². The molecule has 4 unspecified atom stereocenters. The van der Waals surface area contributed by atoms with Gasteiger partial charge in [0, 0.05) is 24.5 Å². The van der Waals surface area contributed by atoms with Crippen molar-refractivity contribution in [1.82, 2.24) is 15.5 Å². The summed E-state index contributed by atoms with van der Waals surface area (Å²) in [5.41, 5.74) is -1.27. The zero-order chi connectivity index (χ0) is 26.8. The molecule has 1 saturated heterocycles. The molecule has 208 valence electrons. The van der Waals surface area contributed by atoms with Gasteiger partial charge in [0.1, 0.15) is 12.4 Å². The number of nitrogens with one attached hydrogen (secondary N) is 2. The van der Waals surface area contributed by atoms with Gasteiger partial charge in [0.05, 0.1) is 23.9 Å². The van der Waals surface area contributed by atoms with Crippen LogP contribution in [0.2, 0.25) is 0 Å². The van der Waals surface area contributed by atoms with Gasteiger partial charge in [-0.2, -0.15) is 0 Å². The lowest BCUT2D eigenvalue weighted by atomic mass is 9.78. The lowest BCUT2D eigenvalue weighted by molar-refractivity contribution is -0.305. The highest BCUT2D eigenvalue weighted by Crippen LogP contribution is 2.35. The normalized spacial score (nSPS) is 29.3. The van der Waals surface area contributed by atoms with Crippen LogP contribution in [0.4, 0.5) is 0 Å². The molecule has 0 bridgehead atoms. The monoisotopic (exact) mass is 503 g/mol. The van der Waals surface area contributed by atoms with Gasteiger partial charge in [-0.15, -0.1) is 0 Å². The van der Waals surface area contributed by atoms with E-state index in [9.17, 15) is 15.0 Å². The molecule has 0 aliphatic carbocycles. The first kappa shape index (κ1) is 32.4. The molecule has 0 spiro atoms. The summed E-state index contributed by atoms with van der Waals surface area (Å²) in [6, 6.07) is 0.0706. The van der Waals surface area contributed by atoms with Crippen LogP contribution in [0.5, 0.6) is 0 Å². The highest BCUT2D eigenvalue weighted by Gasteiger charge is 2.47. The highest BCUT2D eigenvalue weighted by molar-refractivity contribution is 5.53. The minimum Gasteiger partial charge on any atom is -0.392 e. The summed E-state index contributed by atoms with van der Waals surface area (Å²) in [5, 5.41) is 28.9. The number of likely N-dealkylation sites (N-methyl/N-ethyl adjacent to an activating group) is 1. The topological polar surface area (TPSA) is 113 Å². The number of aldehydes is 1. The van der Waals surface area contributed by atoms with Gasteiger partial charge >= 0.3 is 0 Å². The van der Waals surface area contributed by atoms with E-state index < -0.39 is 35.9 Å². The standard InChI is InChI=1S/C26H53N3O6/c1-17(15-28-7)14-26(5,32)24(20(4)22(31)18(2)16-30)35-25-23(33-12-10-11-27-6)21(29(8)9)13-19(3)34-25/h16-25,27-28,31-32H,10-15H2,1-9H3/t17-,18?,19?,20+,21?,22-,23-,24-,25?,26-/m1/s1. The van der Waals surface area contributed by atoms with Gasteiger partial charge in [-0.1, -0.05) is 20.8 Å². The molecule has 9 nitrogen and oxygen atoms in total. The number of carbonyl (C=O) groups is 1. The zero-order valence-electron chi connectivity index (χ0n) is 23.5. The first-order chi connectivity index (χ1) is 16.4. The maximum atomic E-state index is 11.7. The second kappa shape index (κ2) is 15.6. The molecule has 35 heavy (non-hydrogen) atoms. The smallest absolute Gasteiger partial charge is 0.186 e. The summed E-state index contributed by atoms with van der Waals surface area (Å²) in [4.78, 5) is 13.6. The average Bonchev–Trinajstić information content (AvgIpc) is 2.78. The molecule has 9 heteroatoms. The SMILES string of the molecule is CNCCCO[C@H]1C(O[C@H]([C@@H](C)[C@H](O)C(C)C=O)[C@](C)(O)C[C@@H](C)CNC)OC(C)CC1N(C)C. The molecule has 4 N–H and O–H groups in total. The number of hydrogen-bond acceptors (Lipinski definition) is 9. The zero-order valence-corrected chi connectivity index (χ0v) is 23.5. The third-order valence-corrected chi connectivity index (χ3v) is 7.11. The average molecular weight is 504 g/mol. The van der Waals surface area contributed by atoms with E-state index in [0.29, 0.717) is 13.0 Å². The van der Waals surface area contributed by atoms with Crippen molar-refractivity contribution < 1.29 is 29.2 Å². The molecule has 1 aliphatic heterocycles. The van der Waals surface area contributed by atoms with Crippen LogP contribution in [0.25, 0.3) is 0 Å². The lowest BCUT2D eigenvalue weighted by Crippen LogP contribution is -2.59. The number of aliphatic hydroxyl groups excluding tert-OH is 1. The number of hydrogen-bond donors (Lipinski definition) is 4. The van der Waals surface area contributed by atoms with Crippen LogP contribution in [-0.4, -0.2) is 112 Å². The van der Waals surface area contributed by atoms with Gasteiger partial charge in [-0.3, -0.25) is 0 Å². The number of carbonyl (C=O) groups excluding carboxylic acids is 1. The van der Waals surface area contributed by atoms with Crippen LogP contribution in [0.3, 0.4) is 0 Å². The second-order valence-electron chi connectivity index (χ2n) is 11.0. The summed E-state index contributed by atoms with van der Waals surface area (Å²) >= 11 is 0. The molecule has 0 aromatic rings. The summed E-state index contributed by atoms with van der Waals surface area (Å²) in [5.74, 6) is -0.935. The Morgan fingerprint density at radius 1 is 1.23 bits per heavy atom. The second-order valence-corrected chi connectivity index (χ2v) is 11.0. The van der Waals surface area contributed by atoms with Crippen LogP contribution in [0.1, 0.15) is 53.9 Å². The van der Waals surface area contributed by atoms with Crippen molar-refractivity contribution in [2.45, 2.75) is 96.2 Å². The van der Waals surface area contributed by atoms with Gasteiger partial charge < -0.3 is 44.8 Å². The van der Waals surface area contributed by atoms with E-state index in [1.807, 2.05) is 42.0 Å². The van der Waals surface area contributed by atoms with Crippen molar-refractivity contribution in [2.24, 2.45) is 17.8 Å². The molecule has 1 rings (SSSR count). The van der Waals surface area contributed by atoms with E-state index >= 15 is 0 Å². The summed E-state index contributed by atoms with van der Waals surface area (Å²) in [6.45, 7) is 11.5. The molecule has 0 aromatic heterocycles. The largest absolute Gasteiger partial charge is 0.392 e. The number of ether oxygens (including phenoxy) is 3. The van der Waals surface area contributed by atoms with Crippen LogP contribution in [-0.2, 0) is 19.0 Å². The van der Waals surface area contributed by atoms with E-state index in [2.05, 4.69) is 22.5 Å². The Hall–Kier alpha value is -0.650. The van der Waals surface area contributed by atoms with E-state index in [4.69, 9.17) is 14.2 Å². The molecule has 10 atom stereocenters. The minimum atomic E-state index is -1.27. The van der Waals surface area contributed by atoms with Crippen molar-refractivity contribution in [1.29, 1.82) is 0 Å². The Balaban J connectivity index is 3.28. The fourth-order valence-corrected chi connectivity index (χ4v) is 5.25. The van der Waals surface area contributed by atoms with Crippen molar-refractivity contribution in [3.8, 4) is 0 Å². The fraction of sp³-hybridized carbons (Fsp3) is 0.962. The predicted octanol–water partition coefficient (Wildman–Crippen LogP) is 1.26. The molecule has 0 amide bonds. The van der Waals surface area contributed by atoms with Crippen molar-refractivity contribution in [3.05, 3.63) is 0 Å². The summed E-state index contributed by atoms with van der Waals surface area (Å²) in [6.07, 6.45) is -0.0490. The Labute approximate surface area is 213 Å². The Morgan fingerprint density at radius 2 is 1.89 bits per heavy atom. The van der Waals surface area contributed by atoms with Crippen LogP contribution in [0.15, 0.2) is 0 Å². The molecule has 0 saturated carbocycles. The van der Waals surface area contributed by atoms with E-state index in [1.54, 1.807) is 13.8 Å². The summed E-state index contributed by atoms with van der Waals surface area (Å²) < 4.78 is 19.2. The van der Waals surface area contributed by atoms with E-state index in [0.717, 1.165) is 32.2 Å². The van der Waals surface area contributed by atoms with Gasteiger partial charge in [-0.05, 0) is 80.3 Å². The third kappa shape index (κ3) is 9.97. The number of rotatable bonds is 17. The Kier molecular flexibility index (Phi) is 14.4. The maximum Gasteiger partial charge on any atom is 0.186 e. The lowest BCUT2D eigenvalue weighted by Gasteiger charge is -2.47. The fourth-order valence-electron chi connectivity index (χ4n) is 5.25. The molecule has 1 aliphatic rings. The van der Waals surface area contributed by atoms with Gasteiger partial charge in [0.15, 0.2) is 6.29 Å². The van der Waals surface area contributed by atoms with Crippen molar-refractivity contribution >= 4 is 6.29 Å². The van der Waals surface area contributed by atoms with Crippen molar-refractivity contribution in [3.63, 3.8) is 0 Å². The van der Waals surface area contributed by atoms with E-state index in [-0.39, 0.29) is 24.2 Å². The third-order valence-electron chi connectivity index (χ3n) is 7.11.